The molecule has 0 spiro atoms. The summed E-state index contributed by atoms with van der Waals surface area (Å²) in [7, 11) is 0. The molecule has 1 nitrogen and oxygen atoms in total. The molecule has 0 unspecified atom stereocenters. The van der Waals surface area contributed by atoms with E-state index in [1.807, 2.05) is 18.2 Å². The quantitative estimate of drug-likeness (QED) is 0.344. The van der Waals surface area contributed by atoms with Crippen LogP contribution in [0.3, 0.4) is 0 Å². The Morgan fingerprint density at radius 1 is 0.400 bits per heavy atom. The summed E-state index contributed by atoms with van der Waals surface area (Å²) in [6, 6.07) is 33.8. The van der Waals surface area contributed by atoms with Crippen LogP contribution in [-0.2, 0) is 0 Å². The summed E-state index contributed by atoms with van der Waals surface area (Å²) in [6.45, 7) is 0. The Hall–Kier alpha value is -3.32. The Morgan fingerprint density at radius 2 is 0.960 bits per heavy atom. The zero-order valence-corrected chi connectivity index (χ0v) is 13.6. The van der Waals surface area contributed by atoms with Crippen molar-refractivity contribution in [1.29, 1.82) is 0 Å². The molecule has 4 aromatic carbocycles. The Bertz CT molecular complexity index is 1170. The summed E-state index contributed by atoms with van der Waals surface area (Å²) in [6.07, 6.45) is 0. The zero-order chi connectivity index (χ0) is 16.6. The lowest BCUT2D eigenvalue weighted by molar-refractivity contribution is 0.669. The first kappa shape index (κ1) is 14.1. The van der Waals surface area contributed by atoms with Crippen LogP contribution in [0, 0.1) is 0 Å². The molecule has 5 rings (SSSR count). The molecular formula is C24H16O. The van der Waals surface area contributed by atoms with Gasteiger partial charge < -0.3 is 4.42 Å². The molecule has 1 heterocycles. The highest BCUT2D eigenvalue weighted by atomic mass is 16.3. The number of rotatable bonds is 2. The lowest BCUT2D eigenvalue weighted by Gasteiger charge is -2.05. The van der Waals surface area contributed by atoms with E-state index in [1.54, 1.807) is 0 Å². The summed E-state index contributed by atoms with van der Waals surface area (Å²) in [4.78, 5) is 0. The third-order valence-corrected chi connectivity index (χ3v) is 4.70. The van der Waals surface area contributed by atoms with Gasteiger partial charge in [-0.05, 0) is 40.5 Å². The molecule has 0 N–H and O–H groups in total. The first-order chi connectivity index (χ1) is 12.4. The molecule has 0 saturated carbocycles. The van der Waals surface area contributed by atoms with Crippen molar-refractivity contribution in [2.75, 3.05) is 0 Å². The molecule has 1 heteroatoms. The molecule has 1 aromatic heterocycles. The van der Waals surface area contributed by atoms with E-state index in [-0.39, 0.29) is 0 Å². The normalized spacial score (nSPS) is 11.2. The molecular weight excluding hydrogens is 304 g/mol. The zero-order valence-electron chi connectivity index (χ0n) is 13.6. The molecule has 0 aliphatic carbocycles. The highest BCUT2D eigenvalue weighted by Gasteiger charge is 2.08. The second-order valence-electron chi connectivity index (χ2n) is 6.25. The molecule has 5 aromatic rings. The van der Waals surface area contributed by atoms with Crippen molar-refractivity contribution in [1.82, 2.24) is 0 Å². The number of fused-ring (bicyclic) bond motifs is 3. The SMILES string of the molecule is c1ccc(-c2ccc(-c3ccc4oc5ccccc5c4c3)cc2)cc1. The molecule has 25 heavy (non-hydrogen) atoms. The summed E-state index contributed by atoms with van der Waals surface area (Å²) < 4.78 is 5.92. The van der Waals surface area contributed by atoms with Crippen LogP contribution in [0.15, 0.2) is 101 Å². The van der Waals surface area contributed by atoms with Crippen molar-refractivity contribution in [3.8, 4) is 22.3 Å². The fourth-order valence-corrected chi connectivity index (χ4v) is 3.39. The summed E-state index contributed by atoms with van der Waals surface area (Å²) in [5.41, 5.74) is 6.77. The molecule has 0 aliphatic heterocycles. The van der Waals surface area contributed by atoms with E-state index in [2.05, 4.69) is 78.9 Å². The van der Waals surface area contributed by atoms with E-state index in [1.165, 1.54) is 33.0 Å². The predicted octanol–water partition coefficient (Wildman–Crippen LogP) is 6.92. The van der Waals surface area contributed by atoms with Gasteiger partial charge in [0.2, 0.25) is 0 Å². The van der Waals surface area contributed by atoms with Crippen LogP contribution in [0.5, 0.6) is 0 Å². The highest BCUT2D eigenvalue weighted by Crippen LogP contribution is 2.32. The van der Waals surface area contributed by atoms with Crippen molar-refractivity contribution < 1.29 is 4.42 Å². The molecule has 0 saturated heterocycles. The second kappa shape index (κ2) is 5.64. The Morgan fingerprint density at radius 3 is 1.76 bits per heavy atom. The Kier molecular flexibility index (Phi) is 3.17. The third kappa shape index (κ3) is 2.41. The molecule has 118 valence electrons. The van der Waals surface area contributed by atoms with Gasteiger partial charge in [-0.25, -0.2) is 0 Å². The number of furan rings is 1. The van der Waals surface area contributed by atoms with E-state index in [0.717, 1.165) is 11.2 Å². The minimum absolute atomic E-state index is 0.936. The van der Waals surface area contributed by atoms with Crippen LogP contribution in [0.1, 0.15) is 0 Å². The fraction of sp³-hybridized carbons (Fsp3) is 0. The molecule has 0 amide bonds. The molecule has 0 radical (unpaired) electrons. The summed E-state index contributed by atoms with van der Waals surface area (Å²) >= 11 is 0. The van der Waals surface area contributed by atoms with Crippen molar-refractivity contribution >= 4 is 21.9 Å². The standard InChI is InChI=1S/C24H16O/c1-2-6-17(7-3-1)18-10-12-19(13-11-18)20-14-15-24-22(16-20)21-8-4-5-9-23(21)25-24/h1-16H. The van der Waals surface area contributed by atoms with Gasteiger partial charge in [0, 0.05) is 10.8 Å². The van der Waals surface area contributed by atoms with Crippen molar-refractivity contribution in [3.63, 3.8) is 0 Å². The van der Waals surface area contributed by atoms with E-state index >= 15 is 0 Å². The predicted molar refractivity (Wildman–Crippen MR) is 105 cm³/mol. The van der Waals surface area contributed by atoms with Crippen LogP contribution in [-0.4, -0.2) is 0 Å². The highest BCUT2D eigenvalue weighted by molar-refractivity contribution is 6.06. The van der Waals surface area contributed by atoms with Gasteiger partial charge in [-0.2, -0.15) is 0 Å². The van der Waals surface area contributed by atoms with Crippen LogP contribution in [0.4, 0.5) is 0 Å². The van der Waals surface area contributed by atoms with E-state index < -0.39 is 0 Å². The maximum atomic E-state index is 5.92. The minimum atomic E-state index is 0.936. The molecule has 0 bridgehead atoms. The van der Waals surface area contributed by atoms with E-state index in [0.29, 0.717) is 0 Å². The third-order valence-electron chi connectivity index (χ3n) is 4.70. The average Bonchev–Trinajstić information content (AvgIpc) is 3.07. The lowest BCUT2D eigenvalue weighted by atomic mass is 9.99. The average molecular weight is 320 g/mol. The maximum absolute atomic E-state index is 5.92. The van der Waals surface area contributed by atoms with E-state index in [9.17, 15) is 0 Å². The van der Waals surface area contributed by atoms with Crippen molar-refractivity contribution in [2.45, 2.75) is 0 Å². The smallest absolute Gasteiger partial charge is 0.135 e. The minimum Gasteiger partial charge on any atom is -0.456 e. The second-order valence-corrected chi connectivity index (χ2v) is 6.25. The fourth-order valence-electron chi connectivity index (χ4n) is 3.39. The van der Waals surface area contributed by atoms with Gasteiger partial charge in [-0.3, -0.25) is 0 Å². The van der Waals surface area contributed by atoms with Crippen LogP contribution >= 0.6 is 0 Å². The topological polar surface area (TPSA) is 13.1 Å². The van der Waals surface area contributed by atoms with Gasteiger partial charge in [-0.1, -0.05) is 78.9 Å². The van der Waals surface area contributed by atoms with Crippen LogP contribution in [0.2, 0.25) is 0 Å². The van der Waals surface area contributed by atoms with Crippen molar-refractivity contribution in [3.05, 3.63) is 97.1 Å². The number of hydrogen-bond donors (Lipinski definition) is 0. The number of hydrogen-bond acceptors (Lipinski definition) is 1. The lowest BCUT2D eigenvalue weighted by Crippen LogP contribution is -1.80. The number of benzene rings is 4. The number of para-hydroxylation sites is 1. The maximum Gasteiger partial charge on any atom is 0.135 e. The monoisotopic (exact) mass is 320 g/mol. The van der Waals surface area contributed by atoms with Gasteiger partial charge in [0.1, 0.15) is 11.2 Å². The van der Waals surface area contributed by atoms with Gasteiger partial charge in [0.05, 0.1) is 0 Å². The van der Waals surface area contributed by atoms with Gasteiger partial charge in [0.15, 0.2) is 0 Å². The van der Waals surface area contributed by atoms with Crippen LogP contribution < -0.4 is 0 Å². The Balaban J connectivity index is 1.59. The van der Waals surface area contributed by atoms with Crippen molar-refractivity contribution in [2.24, 2.45) is 0 Å². The molecule has 0 aliphatic rings. The summed E-state index contributed by atoms with van der Waals surface area (Å²) in [5.74, 6) is 0. The first-order valence-electron chi connectivity index (χ1n) is 8.46. The van der Waals surface area contributed by atoms with E-state index in [4.69, 9.17) is 4.42 Å². The van der Waals surface area contributed by atoms with Gasteiger partial charge in [0.25, 0.3) is 0 Å². The molecule has 0 fully saturated rings. The van der Waals surface area contributed by atoms with Gasteiger partial charge >= 0.3 is 0 Å². The van der Waals surface area contributed by atoms with Gasteiger partial charge in [-0.15, -0.1) is 0 Å². The van der Waals surface area contributed by atoms with Crippen LogP contribution in [0.25, 0.3) is 44.2 Å². The Labute approximate surface area is 146 Å². The summed E-state index contributed by atoms with van der Waals surface area (Å²) in [5, 5.41) is 2.33. The first-order valence-corrected chi connectivity index (χ1v) is 8.46. The largest absolute Gasteiger partial charge is 0.456 e. The molecule has 0 atom stereocenters.